The van der Waals surface area contributed by atoms with Gasteiger partial charge in [0.1, 0.15) is 0 Å². The summed E-state index contributed by atoms with van der Waals surface area (Å²) >= 11 is 0. The summed E-state index contributed by atoms with van der Waals surface area (Å²) in [6, 6.07) is 0. The van der Waals surface area contributed by atoms with Crippen LogP contribution in [0.5, 0.6) is 0 Å². The van der Waals surface area contributed by atoms with Crippen molar-refractivity contribution in [2.75, 3.05) is 0 Å². The first-order valence-corrected chi connectivity index (χ1v) is 6.85. The van der Waals surface area contributed by atoms with Crippen LogP contribution in [0, 0.1) is 11.8 Å². The van der Waals surface area contributed by atoms with E-state index in [-0.39, 0.29) is 31.6 Å². The summed E-state index contributed by atoms with van der Waals surface area (Å²) in [6.45, 7) is 0. The lowest BCUT2D eigenvalue weighted by Crippen LogP contribution is -2.13. The molecule has 0 amide bonds. The number of rotatable bonds is 13. The molecule has 21 heavy (non-hydrogen) atoms. The monoisotopic (exact) mass is 301 g/mol. The lowest BCUT2D eigenvalue weighted by atomic mass is 9.91. The van der Waals surface area contributed by atoms with E-state index < -0.39 is 23.8 Å². The van der Waals surface area contributed by atoms with Crippen molar-refractivity contribution in [3.8, 4) is 0 Å². The molecule has 0 aliphatic heterocycles. The van der Waals surface area contributed by atoms with Crippen molar-refractivity contribution in [3.05, 3.63) is 0 Å². The first kappa shape index (κ1) is 19.1. The molecular formula is C14H21O7. The van der Waals surface area contributed by atoms with Crippen molar-refractivity contribution in [1.82, 2.24) is 0 Å². The Bertz CT molecular complexity index is 348. The second-order valence-corrected chi connectivity index (χ2v) is 5.16. The third-order valence-electron chi connectivity index (χ3n) is 3.24. The zero-order valence-electron chi connectivity index (χ0n) is 11.8. The van der Waals surface area contributed by atoms with E-state index >= 15 is 0 Å². The van der Waals surface area contributed by atoms with Crippen molar-refractivity contribution < 1.29 is 34.5 Å². The molecule has 119 valence electrons. The number of aliphatic carboxylic acids is 3. The highest BCUT2D eigenvalue weighted by molar-refractivity contribution is 5.70. The van der Waals surface area contributed by atoms with Crippen LogP contribution < -0.4 is 0 Å². The molecule has 7 heteroatoms. The Labute approximate surface area is 123 Å². The minimum absolute atomic E-state index is 0.0694. The number of carboxylic acids is 3. The van der Waals surface area contributed by atoms with Gasteiger partial charge in [-0.15, -0.1) is 0 Å². The van der Waals surface area contributed by atoms with Gasteiger partial charge in [-0.3, -0.25) is 19.2 Å². The van der Waals surface area contributed by atoms with Crippen LogP contribution in [-0.2, 0) is 19.2 Å². The maximum absolute atomic E-state index is 10.6. The topological polar surface area (TPSA) is 129 Å². The van der Waals surface area contributed by atoms with Crippen LogP contribution in [0.4, 0.5) is 0 Å². The van der Waals surface area contributed by atoms with Crippen molar-refractivity contribution >= 4 is 24.2 Å². The Morgan fingerprint density at radius 1 is 0.762 bits per heavy atom. The summed E-state index contributed by atoms with van der Waals surface area (Å²) in [7, 11) is 0. The fraction of sp³-hybridized carbons (Fsp3) is 0.714. The van der Waals surface area contributed by atoms with E-state index in [0.717, 1.165) is 0 Å². The van der Waals surface area contributed by atoms with Crippen molar-refractivity contribution in [2.45, 2.75) is 51.4 Å². The molecule has 1 radical (unpaired) electrons. The van der Waals surface area contributed by atoms with Gasteiger partial charge in [0, 0.05) is 25.7 Å². The molecular weight excluding hydrogens is 280 g/mol. The predicted octanol–water partition coefficient (Wildman–Crippen LogP) is 1.70. The van der Waals surface area contributed by atoms with E-state index in [1.165, 1.54) is 0 Å². The van der Waals surface area contributed by atoms with Crippen molar-refractivity contribution in [3.63, 3.8) is 0 Å². The zero-order chi connectivity index (χ0) is 16.3. The van der Waals surface area contributed by atoms with Gasteiger partial charge in [-0.25, -0.2) is 0 Å². The lowest BCUT2D eigenvalue weighted by molar-refractivity contribution is -0.141. The number of unbranched alkanes of at least 4 members (excludes halogenated alkanes) is 1. The van der Waals surface area contributed by atoms with Gasteiger partial charge in [-0.2, -0.15) is 0 Å². The molecule has 0 aliphatic rings. The molecule has 0 aromatic heterocycles. The van der Waals surface area contributed by atoms with Crippen molar-refractivity contribution in [1.29, 1.82) is 0 Å². The molecule has 3 N–H and O–H groups in total. The number of carbonyl (C=O) groups excluding carboxylic acids is 1. The molecule has 0 aliphatic carbocycles. The molecule has 0 aromatic carbocycles. The Morgan fingerprint density at radius 2 is 1.14 bits per heavy atom. The van der Waals surface area contributed by atoms with Gasteiger partial charge in [-0.05, 0) is 24.7 Å². The Hall–Kier alpha value is -1.92. The fourth-order valence-corrected chi connectivity index (χ4v) is 2.28. The van der Waals surface area contributed by atoms with Gasteiger partial charge in [0.15, 0.2) is 6.29 Å². The Morgan fingerprint density at radius 3 is 1.52 bits per heavy atom. The highest BCUT2D eigenvalue weighted by Crippen LogP contribution is 2.21. The maximum atomic E-state index is 10.6. The highest BCUT2D eigenvalue weighted by Gasteiger charge is 2.17. The van der Waals surface area contributed by atoms with Crippen LogP contribution in [0.1, 0.15) is 51.4 Å². The van der Waals surface area contributed by atoms with Gasteiger partial charge in [0.05, 0.1) is 0 Å². The fourth-order valence-electron chi connectivity index (χ4n) is 2.28. The number of hydrogen-bond donors (Lipinski definition) is 3. The second kappa shape index (κ2) is 10.8. The molecule has 0 rings (SSSR count). The smallest absolute Gasteiger partial charge is 0.303 e. The minimum atomic E-state index is -1.03. The molecule has 0 fully saturated rings. The number of carboxylic acid groups (broad SMARTS) is 3. The molecule has 0 heterocycles. The SMILES string of the molecule is O=[C]CC(CCCCC(CC(=O)O)CC(=O)O)CC(=O)O. The summed E-state index contributed by atoms with van der Waals surface area (Å²) in [4.78, 5) is 42.2. The molecule has 1 unspecified atom stereocenters. The van der Waals surface area contributed by atoms with Gasteiger partial charge in [0.25, 0.3) is 0 Å². The maximum Gasteiger partial charge on any atom is 0.303 e. The average Bonchev–Trinajstić information content (AvgIpc) is 2.32. The minimum Gasteiger partial charge on any atom is -0.481 e. The van der Waals surface area contributed by atoms with Crippen LogP contribution in [0.25, 0.3) is 0 Å². The van der Waals surface area contributed by atoms with Crippen LogP contribution in [0.2, 0.25) is 0 Å². The normalized spacial score (nSPS) is 12.0. The van der Waals surface area contributed by atoms with E-state index in [1.807, 2.05) is 0 Å². The molecule has 7 nitrogen and oxygen atoms in total. The van der Waals surface area contributed by atoms with E-state index in [4.69, 9.17) is 15.3 Å². The molecule has 0 saturated heterocycles. The standard InChI is InChI=1S/C14H21O7/c15-6-5-10(7-12(16)17)3-1-2-4-11(8-13(18)19)9-14(20)21/h10-11H,1-5,7-9H2,(H,16,17)(H,18,19)(H,20,21). The summed E-state index contributed by atoms with van der Waals surface area (Å²) in [5.74, 6) is -3.71. The van der Waals surface area contributed by atoms with E-state index in [0.29, 0.717) is 25.7 Å². The lowest BCUT2D eigenvalue weighted by Gasteiger charge is -2.14. The summed E-state index contributed by atoms with van der Waals surface area (Å²) in [5, 5.41) is 26.1. The second-order valence-electron chi connectivity index (χ2n) is 5.16. The van der Waals surface area contributed by atoms with E-state index in [9.17, 15) is 19.2 Å². The van der Waals surface area contributed by atoms with Gasteiger partial charge in [-0.1, -0.05) is 12.8 Å². The summed E-state index contributed by atoms with van der Waals surface area (Å²) in [5.41, 5.74) is 0. The Kier molecular flexibility index (Phi) is 9.83. The van der Waals surface area contributed by atoms with E-state index in [1.54, 1.807) is 6.29 Å². The molecule has 0 saturated carbocycles. The van der Waals surface area contributed by atoms with Gasteiger partial charge in [0.2, 0.25) is 0 Å². The first-order valence-electron chi connectivity index (χ1n) is 6.85. The van der Waals surface area contributed by atoms with Crippen LogP contribution in [-0.4, -0.2) is 39.5 Å². The largest absolute Gasteiger partial charge is 0.481 e. The Balaban J connectivity index is 4.10. The molecule has 1 atom stereocenters. The van der Waals surface area contributed by atoms with Crippen LogP contribution >= 0.6 is 0 Å². The molecule has 0 aromatic rings. The molecule has 0 bridgehead atoms. The number of hydrogen-bond acceptors (Lipinski definition) is 4. The quantitative estimate of drug-likeness (QED) is 0.441. The third-order valence-corrected chi connectivity index (χ3v) is 3.24. The number of carbonyl (C=O) groups is 3. The first-order chi connectivity index (χ1) is 9.85. The summed E-state index contributed by atoms with van der Waals surface area (Å²) < 4.78 is 0. The third kappa shape index (κ3) is 11.6. The molecule has 0 spiro atoms. The average molecular weight is 301 g/mol. The van der Waals surface area contributed by atoms with Crippen LogP contribution in [0.15, 0.2) is 0 Å². The van der Waals surface area contributed by atoms with Gasteiger partial charge < -0.3 is 15.3 Å². The van der Waals surface area contributed by atoms with Gasteiger partial charge >= 0.3 is 17.9 Å². The van der Waals surface area contributed by atoms with E-state index in [2.05, 4.69) is 0 Å². The zero-order valence-corrected chi connectivity index (χ0v) is 11.8. The predicted molar refractivity (Wildman–Crippen MR) is 72.5 cm³/mol. The highest BCUT2D eigenvalue weighted by atomic mass is 16.4. The van der Waals surface area contributed by atoms with Crippen molar-refractivity contribution in [2.24, 2.45) is 11.8 Å². The van der Waals surface area contributed by atoms with Crippen LogP contribution in [0.3, 0.4) is 0 Å². The summed E-state index contributed by atoms with van der Waals surface area (Å²) in [6.07, 6.45) is 3.55.